The largest absolute Gasteiger partial charge is 0.458 e. The molecule has 0 saturated heterocycles. The average molecular weight is 290 g/mol. The molecule has 4 atom stereocenters. The maximum atomic E-state index is 12.3. The zero-order valence-corrected chi connectivity index (χ0v) is 13.0. The molecule has 0 aromatic rings. The summed E-state index contributed by atoms with van der Waals surface area (Å²) in [5, 5.41) is 0. The van der Waals surface area contributed by atoms with Gasteiger partial charge in [-0.3, -0.25) is 9.59 Å². The van der Waals surface area contributed by atoms with Crippen LogP contribution in [0.1, 0.15) is 40.5 Å². The second-order valence-corrected chi connectivity index (χ2v) is 6.35. The Labute approximate surface area is 125 Å². The Hall–Kier alpha value is -1.71. The van der Waals surface area contributed by atoms with E-state index in [1.54, 1.807) is 13.0 Å². The van der Waals surface area contributed by atoms with Crippen molar-refractivity contribution in [1.29, 1.82) is 0 Å². The molecule has 2 aliphatic rings. The van der Waals surface area contributed by atoms with E-state index in [-0.39, 0.29) is 23.3 Å². The zero-order chi connectivity index (χ0) is 15.8. The number of allylic oxidation sites excluding steroid dienone is 3. The molecule has 1 fully saturated rings. The van der Waals surface area contributed by atoms with Crippen molar-refractivity contribution in [3.05, 3.63) is 23.3 Å². The van der Waals surface area contributed by atoms with Crippen molar-refractivity contribution in [3.63, 3.8) is 0 Å². The van der Waals surface area contributed by atoms with E-state index in [4.69, 9.17) is 4.74 Å². The highest BCUT2D eigenvalue weighted by Crippen LogP contribution is 2.50. The summed E-state index contributed by atoms with van der Waals surface area (Å²) in [6.07, 6.45) is 5.61. The van der Waals surface area contributed by atoms with Crippen LogP contribution in [0, 0.1) is 17.3 Å². The van der Waals surface area contributed by atoms with Crippen molar-refractivity contribution in [3.8, 4) is 0 Å². The smallest absolute Gasteiger partial charge is 0.303 e. The number of carbonyl (C=O) groups excluding carboxylic acids is 3. The summed E-state index contributed by atoms with van der Waals surface area (Å²) in [5.74, 6) is -0.555. The summed E-state index contributed by atoms with van der Waals surface area (Å²) in [5.41, 5.74) is 1.08. The number of fused-ring (bicyclic) bond motifs is 1. The molecule has 0 aliphatic heterocycles. The molecule has 0 N–H and O–H groups in total. The molecule has 2 rings (SSSR count). The first-order chi connectivity index (χ1) is 9.79. The number of aldehydes is 1. The summed E-state index contributed by atoms with van der Waals surface area (Å²) in [6.45, 7) is 7.31. The molecule has 0 radical (unpaired) electrons. The quantitative estimate of drug-likeness (QED) is 0.592. The predicted octanol–water partition coefficient (Wildman–Crippen LogP) is 2.62. The Morgan fingerprint density at radius 1 is 1.48 bits per heavy atom. The highest BCUT2D eigenvalue weighted by molar-refractivity contribution is 6.08. The van der Waals surface area contributed by atoms with Gasteiger partial charge in [-0.05, 0) is 30.4 Å². The van der Waals surface area contributed by atoms with E-state index < -0.39 is 5.92 Å². The van der Waals surface area contributed by atoms with E-state index in [1.165, 1.54) is 6.92 Å². The van der Waals surface area contributed by atoms with Crippen LogP contribution in [-0.2, 0) is 19.1 Å². The van der Waals surface area contributed by atoms with Gasteiger partial charge in [-0.2, -0.15) is 0 Å². The fourth-order valence-electron chi connectivity index (χ4n) is 3.33. The molecule has 4 heteroatoms. The van der Waals surface area contributed by atoms with Gasteiger partial charge in [-0.25, -0.2) is 0 Å². The van der Waals surface area contributed by atoms with Gasteiger partial charge in [0.15, 0.2) is 5.78 Å². The van der Waals surface area contributed by atoms with E-state index in [2.05, 4.69) is 13.8 Å². The summed E-state index contributed by atoms with van der Waals surface area (Å²) in [6, 6.07) is 0. The van der Waals surface area contributed by atoms with Gasteiger partial charge in [-0.15, -0.1) is 0 Å². The standard InChI is InChI=1S/C17H22O4/c1-10(9-18)13-8-17(4)11(2)5-6-16(21-12(3)19)14(17)7-15(13)20/h7-11,16H,5-6H2,1-4H3/t10-,11+,16+,17-/m1/s1. The topological polar surface area (TPSA) is 60.4 Å². The lowest BCUT2D eigenvalue weighted by molar-refractivity contribution is -0.146. The van der Waals surface area contributed by atoms with Crippen LogP contribution in [0.2, 0.25) is 0 Å². The summed E-state index contributed by atoms with van der Waals surface area (Å²) in [7, 11) is 0. The molecule has 0 aromatic carbocycles. The molecule has 0 heterocycles. The van der Waals surface area contributed by atoms with E-state index in [0.29, 0.717) is 11.5 Å². The van der Waals surface area contributed by atoms with Crippen molar-refractivity contribution in [1.82, 2.24) is 0 Å². The molecular formula is C17H22O4. The summed E-state index contributed by atoms with van der Waals surface area (Å²) >= 11 is 0. The normalized spacial score (nSPS) is 33.4. The number of rotatable bonds is 3. The first-order valence-electron chi connectivity index (χ1n) is 7.41. The number of ether oxygens (including phenoxy) is 1. The molecule has 2 aliphatic carbocycles. The van der Waals surface area contributed by atoms with E-state index in [9.17, 15) is 14.4 Å². The van der Waals surface area contributed by atoms with Crippen molar-refractivity contribution < 1.29 is 19.1 Å². The maximum absolute atomic E-state index is 12.3. The van der Waals surface area contributed by atoms with Crippen molar-refractivity contribution >= 4 is 18.0 Å². The van der Waals surface area contributed by atoms with Gasteiger partial charge in [0.2, 0.25) is 0 Å². The molecular weight excluding hydrogens is 268 g/mol. The van der Waals surface area contributed by atoms with Crippen LogP contribution < -0.4 is 0 Å². The number of carbonyl (C=O) groups is 3. The third-order valence-corrected chi connectivity index (χ3v) is 4.88. The van der Waals surface area contributed by atoms with Crippen LogP contribution in [0.3, 0.4) is 0 Å². The average Bonchev–Trinajstić information content (AvgIpc) is 2.42. The fraction of sp³-hybridized carbons (Fsp3) is 0.588. The van der Waals surface area contributed by atoms with Crippen molar-refractivity contribution in [2.24, 2.45) is 17.3 Å². The third kappa shape index (κ3) is 2.71. The minimum atomic E-state index is -0.409. The van der Waals surface area contributed by atoms with Gasteiger partial charge in [0.25, 0.3) is 0 Å². The Balaban J connectivity index is 2.44. The number of ketones is 1. The Morgan fingerprint density at radius 2 is 2.14 bits per heavy atom. The molecule has 21 heavy (non-hydrogen) atoms. The van der Waals surface area contributed by atoms with Crippen LogP contribution in [0.25, 0.3) is 0 Å². The summed E-state index contributed by atoms with van der Waals surface area (Å²) < 4.78 is 5.39. The SMILES string of the molecule is CC(=O)O[C@H]1CC[C@H](C)[C@@]2(C)C=C([C@H](C)C=O)C(=O)C=C12. The molecule has 0 spiro atoms. The molecule has 0 unspecified atom stereocenters. The molecule has 4 nitrogen and oxygen atoms in total. The Kier molecular flexibility index (Phi) is 4.17. The predicted molar refractivity (Wildman–Crippen MR) is 78.5 cm³/mol. The second kappa shape index (κ2) is 5.58. The molecule has 1 saturated carbocycles. The first-order valence-corrected chi connectivity index (χ1v) is 7.41. The molecule has 0 bridgehead atoms. The Morgan fingerprint density at radius 3 is 2.71 bits per heavy atom. The van der Waals surface area contributed by atoms with Gasteiger partial charge in [0.05, 0.1) is 0 Å². The highest BCUT2D eigenvalue weighted by Gasteiger charge is 2.45. The van der Waals surface area contributed by atoms with E-state index >= 15 is 0 Å². The number of hydrogen-bond acceptors (Lipinski definition) is 4. The lowest BCUT2D eigenvalue weighted by Gasteiger charge is -2.45. The molecule has 114 valence electrons. The van der Waals surface area contributed by atoms with Gasteiger partial charge >= 0.3 is 5.97 Å². The van der Waals surface area contributed by atoms with Gasteiger partial charge in [0, 0.05) is 23.8 Å². The van der Waals surface area contributed by atoms with Crippen LogP contribution in [0.5, 0.6) is 0 Å². The third-order valence-electron chi connectivity index (χ3n) is 4.88. The van der Waals surface area contributed by atoms with Gasteiger partial charge < -0.3 is 9.53 Å². The van der Waals surface area contributed by atoms with Crippen LogP contribution in [-0.4, -0.2) is 24.1 Å². The number of hydrogen-bond donors (Lipinski definition) is 0. The lowest BCUT2D eigenvalue weighted by atomic mass is 9.60. The first kappa shape index (κ1) is 15.7. The fourth-order valence-corrected chi connectivity index (χ4v) is 3.33. The van der Waals surface area contributed by atoms with Crippen molar-refractivity contribution in [2.75, 3.05) is 0 Å². The molecule has 0 aromatic heterocycles. The lowest BCUT2D eigenvalue weighted by Crippen LogP contribution is -2.42. The zero-order valence-electron chi connectivity index (χ0n) is 13.0. The minimum absolute atomic E-state index is 0.145. The highest BCUT2D eigenvalue weighted by atomic mass is 16.5. The van der Waals surface area contributed by atoms with Crippen LogP contribution >= 0.6 is 0 Å². The van der Waals surface area contributed by atoms with Crippen LogP contribution in [0.4, 0.5) is 0 Å². The van der Waals surface area contributed by atoms with E-state index in [0.717, 1.165) is 24.7 Å². The second-order valence-electron chi connectivity index (χ2n) is 6.35. The Bertz CT molecular complexity index is 543. The monoisotopic (exact) mass is 290 g/mol. The van der Waals surface area contributed by atoms with Gasteiger partial charge in [0.1, 0.15) is 12.4 Å². The summed E-state index contributed by atoms with van der Waals surface area (Å²) in [4.78, 5) is 34.6. The van der Waals surface area contributed by atoms with Crippen molar-refractivity contribution in [2.45, 2.75) is 46.6 Å². The van der Waals surface area contributed by atoms with E-state index in [1.807, 2.05) is 6.08 Å². The maximum Gasteiger partial charge on any atom is 0.303 e. The van der Waals surface area contributed by atoms with Crippen LogP contribution in [0.15, 0.2) is 23.3 Å². The minimum Gasteiger partial charge on any atom is -0.458 e. The number of esters is 1. The van der Waals surface area contributed by atoms with Gasteiger partial charge in [-0.1, -0.05) is 26.8 Å². The molecule has 0 amide bonds.